The van der Waals surface area contributed by atoms with Crippen molar-refractivity contribution in [2.45, 2.75) is 39.2 Å². The minimum atomic E-state index is -0.0388. The third kappa shape index (κ3) is 3.97. The molecule has 4 heteroatoms. The molecule has 1 saturated heterocycles. The molecule has 0 unspecified atom stereocenters. The lowest BCUT2D eigenvalue weighted by Crippen LogP contribution is -2.29. The zero-order chi connectivity index (χ0) is 14.4. The number of benzene rings is 1. The number of carbonyl (C=O) groups excluding carboxylic acids is 1. The van der Waals surface area contributed by atoms with Gasteiger partial charge in [0.1, 0.15) is 0 Å². The molecular formula is C16H25N3O. The number of nitrogens with two attached hydrogens (primary N) is 1. The minimum absolute atomic E-state index is 0.0388. The maximum absolute atomic E-state index is 11.9. The van der Waals surface area contributed by atoms with Crippen molar-refractivity contribution in [3.8, 4) is 0 Å². The molecule has 0 aliphatic carbocycles. The number of nitrogens with one attached hydrogen (secondary N) is 1. The second-order valence-corrected chi connectivity index (χ2v) is 5.51. The highest BCUT2D eigenvalue weighted by atomic mass is 16.1. The van der Waals surface area contributed by atoms with Crippen molar-refractivity contribution < 1.29 is 4.79 Å². The predicted molar refractivity (Wildman–Crippen MR) is 82.6 cm³/mol. The van der Waals surface area contributed by atoms with Crippen LogP contribution in [0.4, 0.5) is 5.69 Å². The second kappa shape index (κ2) is 7.29. The topological polar surface area (TPSA) is 58.4 Å². The Labute approximate surface area is 121 Å². The summed E-state index contributed by atoms with van der Waals surface area (Å²) in [7, 11) is 0. The maximum atomic E-state index is 11.9. The zero-order valence-electron chi connectivity index (χ0n) is 12.3. The quantitative estimate of drug-likeness (QED) is 0.811. The summed E-state index contributed by atoms with van der Waals surface area (Å²) >= 11 is 0. The van der Waals surface area contributed by atoms with Crippen LogP contribution in [0.2, 0.25) is 0 Å². The number of rotatable bonds is 5. The first-order chi connectivity index (χ1) is 9.70. The molecule has 20 heavy (non-hydrogen) atoms. The van der Waals surface area contributed by atoms with Crippen LogP contribution in [0.1, 0.15) is 48.5 Å². The van der Waals surface area contributed by atoms with Crippen LogP contribution in [0, 0.1) is 0 Å². The average Bonchev–Trinajstić information content (AvgIpc) is 2.48. The third-order valence-electron chi connectivity index (χ3n) is 3.79. The number of carbonyl (C=O) groups is 1. The number of hydrogen-bond acceptors (Lipinski definition) is 3. The van der Waals surface area contributed by atoms with Crippen molar-refractivity contribution in [2.24, 2.45) is 0 Å². The van der Waals surface area contributed by atoms with Crippen LogP contribution < -0.4 is 11.1 Å². The van der Waals surface area contributed by atoms with Crippen LogP contribution in [0.3, 0.4) is 0 Å². The molecule has 4 nitrogen and oxygen atoms in total. The largest absolute Gasteiger partial charge is 0.398 e. The Hall–Kier alpha value is -1.55. The molecule has 1 aliphatic rings. The van der Waals surface area contributed by atoms with Crippen LogP contribution in [0.15, 0.2) is 18.2 Å². The predicted octanol–water partition coefficient (Wildman–Crippen LogP) is 2.39. The molecule has 0 radical (unpaired) electrons. The van der Waals surface area contributed by atoms with Crippen LogP contribution in [0.5, 0.6) is 0 Å². The highest BCUT2D eigenvalue weighted by Gasteiger charge is 2.13. The Balaban J connectivity index is 1.99. The van der Waals surface area contributed by atoms with E-state index in [-0.39, 0.29) is 5.91 Å². The van der Waals surface area contributed by atoms with E-state index in [1.165, 1.54) is 19.3 Å². The molecular weight excluding hydrogens is 250 g/mol. The Morgan fingerprint density at radius 2 is 2.05 bits per heavy atom. The van der Waals surface area contributed by atoms with Crippen molar-refractivity contribution in [3.63, 3.8) is 0 Å². The van der Waals surface area contributed by atoms with E-state index in [1.54, 1.807) is 6.07 Å². The van der Waals surface area contributed by atoms with Crippen molar-refractivity contribution >= 4 is 11.6 Å². The van der Waals surface area contributed by atoms with Gasteiger partial charge in [-0.1, -0.05) is 19.4 Å². The van der Waals surface area contributed by atoms with Crippen LogP contribution >= 0.6 is 0 Å². The van der Waals surface area contributed by atoms with Crippen molar-refractivity contribution in [1.82, 2.24) is 10.2 Å². The second-order valence-electron chi connectivity index (χ2n) is 5.51. The molecule has 0 atom stereocenters. The number of nitrogen functional groups attached to an aromatic ring is 1. The number of likely N-dealkylation sites (tertiary alicyclic amines) is 1. The van der Waals surface area contributed by atoms with Crippen LogP contribution in [-0.2, 0) is 6.54 Å². The normalized spacial score (nSPS) is 16.1. The molecule has 0 aromatic heterocycles. The van der Waals surface area contributed by atoms with E-state index >= 15 is 0 Å². The van der Waals surface area contributed by atoms with Gasteiger partial charge in [-0.05, 0) is 50.0 Å². The Morgan fingerprint density at radius 1 is 1.30 bits per heavy atom. The highest BCUT2D eigenvalue weighted by molar-refractivity contribution is 5.95. The number of amides is 1. The maximum Gasteiger partial charge on any atom is 0.251 e. The summed E-state index contributed by atoms with van der Waals surface area (Å²) in [4.78, 5) is 14.3. The monoisotopic (exact) mass is 275 g/mol. The molecule has 110 valence electrons. The van der Waals surface area contributed by atoms with Crippen LogP contribution in [-0.4, -0.2) is 30.4 Å². The van der Waals surface area contributed by atoms with Gasteiger partial charge in [0.15, 0.2) is 0 Å². The lowest BCUT2D eigenvalue weighted by atomic mass is 10.1. The van der Waals surface area contributed by atoms with E-state index in [9.17, 15) is 4.79 Å². The van der Waals surface area contributed by atoms with E-state index in [0.29, 0.717) is 12.1 Å². The lowest BCUT2D eigenvalue weighted by Gasteiger charge is -2.27. The van der Waals surface area contributed by atoms with E-state index in [0.717, 1.165) is 37.3 Å². The molecule has 0 spiro atoms. The van der Waals surface area contributed by atoms with Gasteiger partial charge in [0, 0.05) is 24.3 Å². The van der Waals surface area contributed by atoms with E-state index in [2.05, 4.69) is 10.2 Å². The number of anilines is 1. The fourth-order valence-corrected chi connectivity index (χ4v) is 2.58. The van der Waals surface area contributed by atoms with Crippen molar-refractivity contribution in [1.29, 1.82) is 0 Å². The van der Waals surface area contributed by atoms with Crippen LogP contribution in [0.25, 0.3) is 0 Å². The van der Waals surface area contributed by atoms with Gasteiger partial charge in [-0.2, -0.15) is 0 Å². The summed E-state index contributed by atoms with van der Waals surface area (Å²) < 4.78 is 0. The zero-order valence-corrected chi connectivity index (χ0v) is 12.3. The molecule has 3 N–H and O–H groups in total. The summed E-state index contributed by atoms with van der Waals surface area (Å²) in [5.41, 5.74) is 8.60. The molecule has 1 fully saturated rings. The van der Waals surface area contributed by atoms with Crippen molar-refractivity contribution in [2.75, 3.05) is 25.4 Å². The Bertz CT molecular complexity index is 453. The smallest absolute Gasteiger partial charge is 0.251 e. The van der Waals surface area contributed by atoms with Gasteiger partial charge in [0.2, 0.25) is 0 Å². The molecule has 2 rings (SSSR count). The third-order valence-corrected chi connectivity index (χ3v) is 3.79. The first-order valence-electron chi connectivity index (χ1n) is 7.59. The first kappa shape index (κ1) is 14.9. The van der Waals surface area contributed by atoms with Gasteiger partial charge in [-0.15, -0.1) is 0 Å². The summed E-state index contributed by atoms with van der Waals surface area (Å²) in [5, 5.41) is 2.87. The fourth-order valence-electron chi connectivity index (χ4n) is 2.58. The first-order valence-corrected chi connectivity index (χ1v) is 7.59. The SMILES string of the molecule is CCCNC(=O)c1ccc(CN2CCCCC2)c(N)c1. The van der Waals surface area contributed by atoms with Gasteiger partial charge < -0.3 is 11.1 Å². The Kier molecular flexibility index (Phi) is 5.41. The molecule has 0 bridgehead atoms. The molecule has 1 aliphatic heterocycles. The highest BCUT2D eigenvalue weighted by Crippen LogP contribution is 2.19. The molecule has 1 heterocycles. The molecule has 0 saturated carbocycles. The van der Waals surface area contributed by atoms with Crippen molar-refractivity contribution in [3.05, 3.63) is 29.3 Å². The van der Waals surface area contributed by atoms with E-state index in [1.807, 2.05) is 19.1 Å². The molecule has 1 amide bonds. The number of nitrogens with zero attached hydrogens (tertiary/aromatic N) is 1. The standard InChI is InChI=1S/C16H25N3O/c1-2-8-18-16(20)13-6-7-14(15(17)11-13)12-19-9-4-3-5-10-19/h6-7,11H,2-5,8-10,12,17H2,1H3,(H,18,20). The average molecular weight is 275 g/mol. The summed E-state index contributed by atoms with van der Waals surface area (Å²) in [6, 6.07) is 5.66. The van der Waals surface area contributed by atoms with Gasteiger partial charge in [0.25, 0.3) is 5.91 Å². The Morgan fingerprint density at radius 3 is 2.70 bits per heavy atom. The minimum Gasteiger partial charge on any atom is -0.398 e. The van der Waals surface area contributed by atoms with Gasteiger partial charge in [-0.25, -0.2) is 0 Å². The fraction of sp³-hybridized carbons (Fsp3) is 0.562. The summed E-state index contributed by atoms with van der Waals surface area (Å²) in [5.74, 6) is -0.0388. The summed E-state index contributed by atoms with van der Waals surface area (Å²) in [6.45, 7) is 5.93. The van der Waals surface area contributed by atoms with E-state index < -0.39 is 0 Å². The summed E-state index contributed by atoms with van der Waals surface area (Å²) in [6.07, 6.45) is 4.83. The number of piperidine rings is 1. The molecule has 1 aromatic rings. The van der Waals surface area contributed by atoms with Gasteiger partial charge in [-0.3, -0.25) is 9.69 Å². The van der Waals surface area contributed by atoms with E-state index in [4.69, 9.17) is 5.73 Å². The lowest BCUT2D eigenvalue weighted by molar-refractivity contribution is 0.0953. The molecule has 1 aromatic carbocycles. The number of hydrogen-bond donors (Lipinski definition) is 2. The van der Waals surface area contributed by atoms with Gasteiger partial charge >= 0.3 is 0 Å². The van der Waals surface area contributed by atoms with Gasteiger partial charge in [0.05, 0.1) is 0 Å².